The van der Waals surface area contributed by atoms with Crippen molar-refractivity contribution in [3.8, 4) is 0 Å². The average molecular weight is 340 g/mol. The van der Waals surface area contributed by atoms with Crippen molar-refractivity contribution in [2.75, 3.05) is 18.4 Å². The van der Waals surface area contributed by atoms with Crippen LogP contribution in [0, 0.1) is 0 Å². The Morgan fingerprint density at radius 1 is 1.17 bits per heavy atom. The smallest absolute Gasteiger partial charge is 0.378 e. The molecule has 1 aromatic heterocycles. The van der Waals surface area contributed by atoms with Gasteiger partial charge in [0.25, 0.3) is 5.91 Å². The molecule has 1 aromatic carbocycles. The van der Waals surface area contributed by atoms with Crippen molar-refractivity contribution in [1.29, 1.82) is 0 Å². The lowest BCUT2D eigenvalue weighted by Gasteiger charge is -2.12. The standard InChI is InChI=1S/C15H15F3N4O2/c16-15(17,18)11-6-7-20-14(22-11)21-9-8-19-13(24)12(23)10-4-2-1-3-5-10/h1-7,12,23H,8-9H2,(H,19,24)(H,20,21,22). The van der Waals surface area contributed by atoms with Crippen molar-refractivity contribution < 1.29 is 23.1 Å². The number of nitrogens with zero attached hydrogens (tertiary/aromatic N) is 2. The molecule has 1 amide bonds. The third-order valence-electron chi connectivity index (χ3n) is 3.02. The van der Waals surface area contributed by atoms with E-state index in [1.54, 1.807) is 30.3 Å². The molecule has 128 valence electrons. The van der Waals surface area contributed by atoms with Gasteiger partial charge in [-0.05, 0) is 11.6 Å². The van der Waals surface area contributed by atoms with Crippen LogP contribution in [0.4, 0.5) is 19.1 Å². The van der Waals surface area contributed by atoms with E-state index in [0.29, 0.717) is 5.56 Å². The van der Waals surface area contributed by atoms with Crippen LogP contribution in [0.5, 0.6) is 0 Å². The number of amides is 1. The molecule has 6 nitrogen and oxygen atoms in total. The third-order valence-corrected chi connectivity index (χ3v) is 3.02. The first-order valence-corrected chi connectivity index (χ1v) is 7.03. The summed E-state index contributed by atoms with van der Waals surface area (Å²) in [7, 11) is 0. The minimum absolute atomic E-state index is 0.0856. The highest BCUT2D eigenvalue weighted by molar-refractivity contribution is 5.81. The Morgan fingerprint density at radius 2 is 1.88 bits per heavy atom. The van der Waals surface area contributed by atoms with Gasteiger partial charge >= 0.3 is 6.18 Å². The van der Waals surface area contributed by atoms with Crippen LogP contribution in [0.3, 0.4) is 0 Å². The van der Waals surface area contributed by atoms with Crippen LogP contribution in [-0.2, 0) is 11.0 Å². The molecule has 1 atom stereocenters. The normalized spacial score (nSPS) is 12.5. The maximum Gasteiger partial charge on any atom is 0.433 e. The fourth-order valence-corrected chi connectivity index (χ4v) is 1.85. The number of anilines is 1. The van der Waals surface area contributed by atoms with Crippen molar-refractivity contribution in [2.45, 2.75) is 12.3 Å². The Bertz CT molecular complexity index is 680. The monoisotopic (exact) mass is 340 g/mol. The summed E-state index contributed by atoms with van der Waals surface area (Å²) in [6.45, 7) is 0.191. The minimum Gasteiger partial charge on any atom is -0.378 e. The van der Waals surface area contributed by atoms with Gasteiger partial charge in [0.2, 0.25) is 5.95 Å². The van der Waals surface area contributed by atoms with Crippen molar-refractivity contribution in [3.63, 3.8) is 0 Å². The molecular weight excluding hydrogens is 325 g/mol. The van der Waals surface area contributed by atoms with E-state index < -0.39 is 23.9 Å². The van der Waals surface area contributed by atoms with E-state index in [0.717, 1.165) is 12.3 Å². The summed E-state index contributed by atoms with van der Waals surface area (Å²) in [5, 5.41) is 14.9. The second-order valence-electron chi connectivity index (χ2n) is 4.79. The van der Waals surface area contributed by atoms with Crippen molar-refractivity contribution >= 4 is 11.9 Å². The summed E-state index contributed by atoms with van der Waals surface area (Å²) in [4.78, 5) is 18.8. The van der Waals surface area contributed by atoms with Gasteiger partial charge in [-0.2, -0.15) is 13.2 Å². The Balaban J connectivity index is 1.80. The number of alkyl halides is 3. The van der Waals surface area contributed by atoms with Crippen LogP contribution in [0.1, 0.15) is 17.4 Å². The highest BCUT2D eigenvalue weighted by Crippen LogP contribution is 2.27. The van der Waals surface area contributed by atoms with E-state index >= 15 is 0 Å². The lowest BCUT2D eigenvalue weighted by Crippen LogP contribution is -2.33. The highest BCUT2D eigenvalue weighted by Gasteiger charge is 2.32. The molecule has 1 heterocycles. The van der Waals surface area contributed by atoms with E-state index in [-0.39, 0.29) is 19.0 Å². The summed E-state index contributed by atoms with van der Waals surface area (Å²) < 4.78 is 37.5. The van der Waals surface area contributed by atoms with E-state index in [1.165, 1.54) is 0 Å². The number of aromatic nitrogens is 2. The molecule has 0 aliphatic carbocycles. The zero-order chi connectivity index (χ0) is 17.6. The SMILES string of the molecule is O=C(NCCNc1nccc(C(F)(F)F)n1)C(O)c1ccccc1. The topological polar surface area (TPSA) is 87.1 Å². The number of carbonyl (C=O) groups excluding carboxylic acids is 1. The molecular formula is C15H15F3N4O2. The zero-order valence-corrected chi connectivity index (χ0v) is 12.4. The number of aliphatic hydroxyl groups is 1. The van der Waals surface area contributed by atoms with Gasteiger partial charge < -0.3 is 15.7 Å². The molecule has 2 rings (SSSR count). The number of nitrogens with one attached hydrogen (secondary N) is 2. The Labute approximate surface area is 135 Å². The Kier molecular flexibility index (Phi) is 5.69. The van der Waals surface area contributed by atoms with E-state index in [1.807, 2.05) is 0 Å². The van der Waals surface area contributed by atoms with E-state index in [2.05, 4.69) is 20.6 Å². The zero-order valence-electron chi connectivity index (χ0n) is 12.4. The van der Waals surface area contributed by atoms with Crippen LogP contribution in [0.25, 0.3) is 0 Å². The van der Waals surface area contributed by atoms with Crippen LogP contribution in [0.2, 0.25) is 0 Å². The van der Waals surface area contributed by atoms with Gasteiger partial charge in [-0.15, -0.1) is 0 Å². The number of carbonyl (C=O) groups is 1. The average Bonchev–Trinajstić information content (AvgIpc) is 2.58. The third kappa shape index (κ3) is 4.92. The summed E-state index contributed by atoms with van der Waals surface area (Å²) >= 11 is 0. The van der Waals surface area contributed by atoms with E-state index in [9.17, 15) is 23.1 Å². The van der Waals surface area contributed by atoms with Gasteiger partial charge in [0.1, 0.15) is 5.69 Å². The largest absolute Gasteiger partial charge is 0.433 e. The molecule has 3 N–H and O–H groups in total. The number of hydrogen-bond donors (Lipinski definition) is 3. The summed E-state index contributed by atoms with van der Waals surface area (Å²) in [5.74, 6) is -0.796. The van der Waals surface area contributed by atoms with Crippen LogP contribution < -0.4 is 10.6 Å². The fraction of sp³-hybridized carbons (Fsp3) is 0.267. The van der Waals surface area contributed by atoms with Gasteiger partial charge in [0.05, 0.1) is 0 Å². The van der Waals surface area contributed by atoms with E-state index in [4.69, 9.17) is 0 Å². The van der Waals surface area contributed by atoms with Gasteiger partial charge in [0.15, 0.2) is 6.10 Å². The first-order valence-electron chi connectivity index (χ1n) is 7.03. The molecule has 0 aliphatic heterocycles. The second-order valence-corrected chi connectivity index (χ2v) is 4.79. The second kappa shape index (κ2) is 7.73. The lowest BCUT2D eigenvalue weighted by molar-refractivity contribution is -0.141. The highest BCUT2D eigenvalue weighted by atomic mass is 19.4. The van der Waals surface area contributed by atoms with Crippen LogP contribution >= 0.6 is 0 Å². The molecule has 9 heteroatoms. The van der Waals surface area contributed by atoms with Crippen LogP contribution in [0.15, 0.2) is 42.6 Å². The summed E-state index contributed by atoms with van der Waals surface area (Å²) in [6, 6.07) is 9.13. The number of aliphatic hydroxyl groups excluding tert-OH is 1. The van der Waals surface area contributed by atoms with Gasteiger partial charge in [-0.1, -0.05) is 30.3 Å². The molecule has 2 aromatic rings. The maximum atomic E-state index is 12.5. The molecule has 0 radical (unpaired) electrons. The van der Waals surface area contributed by atoms with Gasteiger partial charge in [-0.3, -0.25) is 4.79 Å². The first-order chi connectivity index (χ1) is 11.4. The molecule has 0 aliphatic rings. The number of hydrogen-bond acceptors (Lipinski definition) is 5. The predicted octanol–water partition coefficient (Wildman–Crippen LogP) is 1.76. The molecule has 0 fully saturated rings. The minimum atomic E-state index is -4.55. The van der Waals surface area contributed by atoms with Crippen molar-refractivity contribution in [1.82, 2.24) is 15.3 Å². The lowest BCUT2D eigenvalue weighted by atomic mass is 10.1. The fourth-order valence-electron chi connectivity index (χ4n) is 1.85. The Hall–Kier alpha value is -2.68. The van der Waals surface area contributed by atoms with Gasteiger partial charge in [0, 0.05) is 19.3 Å². The number of rotatable bonds is 6. The predicted molar refractivity (Wildman–Crippen MR) is 79.9 cm³/mol. The molecule has 24 heavy (non-hydrogen) atoms. The van der Waals surface area contributed by atoms with Gasteiger partial charge in [-0.25, -0.2) is 9.97 Å². The molecule has 0 bridgehead atoms. The van der Waals surface area contributed by atoms with Crippen LogP contribution in [-0.4, -0.2) is 34.1 Å². The maximum absolute atomic E-state index is 12.5. The summed E-state index contributed by atoms with van der Waals surface area (Å²) in [6.07, 6.45) is -4.86. The van der Waals surface area contributed by atoms with Crippen molar-refractivity contribution in [3.05, 3.63) is 53.9 Å². The molecule has 1 unspecified atom stereocenters. The molecule has 0 spiro atoms. The summed E-state index contributed by atoms with van der Waals surface area (Å²) in [5.41, 5.74) is -0.604. The number of halogens is 3. The first kappa shape index (κ1) is 17.7. The van der Waals surface area contributed by atoms with Crippen molar-refractivity contribution in [2.24, 2.45) is 0 Å². The Morgan fingerprint density at radius 3 is 2.54 bits per heavy atom. The molecule has 0 saturated heterocycles. The quantitative estimate of drug-likeness (QED) is 0.698. The molecule has 0 saturated carbocycles. The number of benzene rings is 1.